The van der Waals surface area contributed by atoms with Crippen LogP contribution in [0.15, 0.2) is 24.5 Å². The Balaban J connectivity index is 0.00000165. The first-order chi connectivity index (χ1) is 19.8. The number of hydrogen-bond donors (Lipinski definition) is 2. The highest BCUT2D eigenvalue weighted by Gasteiger charge is 2.43. The molecule has 1 aliphatic heterocycles. The van der Waals surface area contributed by atoms with Crippen LogP contribution in [-0.4, -0.2) is 72.4 Å². The minimum absolute atomic E-state index is 0. The van der Waals surface area contributed by atoms with E-state index in [1.165, 1.54) is 22.3 Å². The van der Waals surface area contributed by atoms with Crippen LogP contribution in [0.3, 0.4) is 0 Å². The zero-order valence-corrected chi connectivity index (χ0v) is 23.4. The molecule has 0 bridgehead atoms. The van der Waals surface area contributed by atoms with Gasteiger partial charge in [0, 0.05) is 30.8 Å². The zero-order chi connectivity index (χ0) is 31.0. The maximum absolute atomic E-state index is 14.3. The molecule has 0 aliphatic carbocycles. The summed E-state index contributed by atoms with van der Waals surface area (Å²) in [5, 5.41) is 18.7. The van der Waals surface area contributed by atoms with E-state index in [-0.39, 0.29) is 41.9 Å². The van der Waals surface area contributed by atoms with E-state index in [2.05, 4.69) is 24.9 Å². The van der Waals surface area contributed by atoms with Crippen LogP contribution in [-0.2, 0) is 15.1 Å². The monoisotopic (exact) mass is 614 g/mol. The molecule has 236 valence electrons. The van der Waals surface area contributed by atoms with Crippen molar-refractivity contribution in [1.82, 2.24) is 29.4 Å². The first-order valence-electron chi connectivity index (χ1n) is 13.3. The van der Waals surface area contributed by atoms with Gasteiger partial charge in [-0.2, -0.15) is 22.8 Å². The van der Waals surface area contributed by atoms with Crippen LogP contribution in [0.25, 0.3) is 16.6 Å². The molecule has 43 heavy (non-hydrogen) atoms. The van der Waals surface area contributed by atoms with Gasteiger partial charge in [-0.25, -0.2) is 23.5 Å². The van der Waals surface area contributed by atoms with Gasteiger partial charge >= 0.3 is 12.1 Å². The lowest BCUT2D eigenvalue weighted by Crippen LogP contribution is -2.42. The third kappa shape index (κ3) is 6.48. The largest absolute Gasteiger partial charge is 0.490 e. The van der Waals surface area contributed by atoms with Crippen LogP contribution in [0.1, 0.15) is 59.7 Å². The molecular formula is C27H35F5N8O3. The normalized spacial score (nSPS) is 18.5. The van der Waals surface area contributed by atoms with Gasteiger partial charge in [0.05, 0.1) is 23.9 Å². The Morgan fingerprint density at radius 3 is 2.53 bits per heavy atom. The Morgan fingerprint density at radius 1 is 1.19 bits per heavy atom. The standard InChI is InChI=1S/C24H25F5N8O3.C2H6.CH4/c1-12-3-4-13(19-33-20-16-5-14(25)6-17(26)18(16)32-22(30)37(20)34-19)8-35(12)15-7-31-36(9-15)23(2,10-38)11-40-21(39)24(27,28)29;1-2;/h5-7,9,12-13,38H,3-4,8,10-11H2,1-2H3,(H2,30,32);1-2H3;1H4. The Morgan fingerprint density at radius 2 is 1.88 bits per heavy atom. The van der Waals surface area contributed by atoms with Gasteiger partial charge in [-0.1, -0.05) is 21.3 Å². The summed E-state index contributed by atoms with van der Waals surface area (Å²) >= 11 is 0. The number of fused-ring (bicyclic) bond motifs is 3. The molecule has 3 N–H and O–H groups in total. The van der Waals surface area contributed by atoms with Crippen LogP contribution in [0.5, 0.6) is 0 Å². The van der Waals surface area contributed by atoms with E-state index in [0.29, 0.717) is 37.0 Å². The van der Waals surface area contributed by atoms with Crippen LogP contribution in [0.2, 0.25) is 0 Å². The molecule has 0 amide bonds. The molecule has 11 nitrogen and oxygen atoms in total. The smallest absolute Gasteiger partial charge is 0.456 e. The number of nitrogens with zero attached hydrogens (tertiary/aromatic N) is 7. The van der Waals surface area contributed by atoms with Gasteiger partial charge in [0.15, 0.2) is 17.3 Å². The second-order valence-corrected chi connectivity index (χ2v) is 10.1. The summed E-state index contributed by atoms with van der Waals surface area (Å²) < 4.78 is 72.9. The van der Waals surface area contributed by atoms with Gasteiger partial charge in [-0.3, -0.25) is 4.68 Å². The van der Waals surface area contributed by atoms with Crippen molar-refractivity contribution in [2.75, 3.05) is 30.4 Å². The average molecular weight is 615 g/mol. The molecule has 1 aromatic carbocycles. The summed E-state index contributed by atoms with van der Waals surface area (Å²) in [5.41, 5.74) is 5.20. The molecule has 4 aromatic rings. The van der Waals surface area contributed by atoms with Crippen LogP contribution < -0.4 is 10.6 Å². The molecule has 1 aliphatic rings. The number of carbonyl (C=O) groups is 1. The zero-order valence-electron chi connectivity index (χ0n) is 23.4. The van der Waals surface area contributed by atoms with Crippen LogP contribution in [0.4, 0.5) is 33.6 Å². The number of hydrogen-bond acceptors (Lipinski definition) is 9. The molecule has 4 heterocycles. The van der Waals surface area contributed by atoms with Crippen LogP contribution in [0, 0.1) is 11.6 Å². The molecule has 3 aromatic heterocycles. The molecule has 0 spiro atoms. The van der Waals surface area contributed by atoms with Crippen LogP contribution >= 0.6 is 0 Å². The Kier molecular flexibility index (Phi) is 9.83. The first-order valence-corrected chi connectivity index (χ1v) is 13.3. The number of nitrogen functional groups attached to an aromatic ring is 1. The summed E-state index contributed by atoms with van der Waals surface area (Å²) in [5.74, 6) is -3.95. The predicted molar refractivity (Wildman–Crippen MR) is 149 cm³/mol. The number of benzene rings is 1. The van der Waals surface area contributed by atoms with Crippen molar-refractivity contribution in [2.24, 2.45) is 0 Å². The number of alkyl halides is 3. The van der Waals surface area contributed by atoms with E-state index < -0.39 is 42.5 Å². The summed E-state index contributed by atoms with van der Waals surface area (Å²) in [4.78, 5) is 21.8. The second-order valence-electron chi connectivity index (χ2n) is 10.1. The Bertz CT molecular complexity index is 1590. The summed E-state index contributed by atoms with van der Waals surface area (Å²) in [6, 6.07) is 1.86. The van der Waals surface area contributed by atoms with E-state index in [1.807, 2.05) is 25.7 Å². The average Bonchev–Trinajstić information content (AvgIpc) is 3.62. The number of halogens is 5. The fourth-order valence-corrected chi connectivity index (χ4v) is 4.77. The highest BCUT2D eigenvalue weighted by molar-refractivity contribution is 5.92. The minimum atomic E-state index is -5.16. The first kappa shape index (κ1) is 33.4. The molecule has 3 unspecified atom stereocenters. The predicted octanol–water partition coefficient (Wildman–Crippen LogP) is 4.58. The van der Waals surface area contributed by atoms with E-state index in [9.17, 15) is 31.9 Å². The number of piperidine rings is 1. The fourth-order valence-electron chi connectivity index (χ4n) is 4.77. The van der Waals surface area contributed by atoms with Gasteiger partial charge in [0.2, 0.25) is 5.95 Å². The molecule has 1 saturated heterocycles. The number of esters is 1. The van der Waals surface area contributed by atoms with Gasteiger partial charge < -0.3 is 20.5 Å². The molecular weight excluding hydrogens is 579 g/mol. The maximum Gasteiger partial charge on any atom is 0.490 e. The number of nitrogens with two attached hydrogens (primary N) is 1. The van der Waals surface area contributed by atoms with Crippen molar-refractivity contribution < 1.29 is 36.6 Å². The molecule has 3 atom stereocenters. The number of carbonyl (C=O) groups excluding carboxylic acids is 1. The number of aliphatic hydroxyl groups is 1. The number of anilines is 2. The van der Waals surface area contributed by atoms with Crippen molar-refractivity contribution >= 4 is 34.2 Å². The number of rotatable bonds is 6. The lowest BCUT2D eigenvalue weighted by atomic mass is 9.92. The molecule has 5 rings (SSSR count). The fraction of sp³-hybridized carbons (Fsp3) is 0.519. The van der Waals surface area contributed by atoms with Crippen molar-refractivity contribution in [2.45, 2.75) is 71.6 Å². The molecule has 16 heteroatoms. The third-order valence-electron chi connectivity index (χ3n) is 7.12. The van der Waals surface area contributed by atoms with Crippen molar-refractivity contribution in [1.29, 1.82) is 0 Å². The van der Waals surface area contributed by atoms with Gasteiger partial charge in [0.25, 0.3) is 0 Å². The summed E-state index contributed by atoms with van der Waals surface area (Å²) in [6.07, 6.45) is -0.710. The molecule has 1 fully saturated rings. The topological polar surface area (TPSA) is 137 Å². The van der Waals surface area contributed by atoms with Gasteiger partial charge in [0.1, 0.15) is 23.5 Å². The summed E-state index contributed by atoms with van der Waals surface area (Å²) in [6.45, 7) is 6.41. The SMILES string of the molecule is C.CC.CC1CCC(c2nc3c4cc(F)cc(F)c4nc(N)n3n2)CN1c1cnn(C(C)(CO)COC(=O)C(F)(F)F)c1. The summed E-state index contributed by atoms with van der Waals surface area (Å²) in [7, 11) is 0. The lowest BCUT2D eigenvalue weighted by Gasteiger charge is -2.38. The van der Waals surface area contributed by atoms with Crippen molar-refractivity contribution in [3.8, 4) is 0 Å². The van der Waals surface area contributed by atoms with Gasteiger partial charge in [-0.15, -0.1) is 5.10 Å². The Hall–Kier alpha value is -4.08. The minimum Gasteiger partial charge on any atom is -0.456 e. The van der Waals surface area contributed by atoms with E-state index >= 15 is 0 Å². The molecule has 0 radical (unpaired) electrons. The lowest BCUT2D eigenvalue weighted by molar-refractivity contribution is -0.202. The second kappa shape index (κ2) is 12.7. The third-order valence-corrected chi connectivity index (χ3v) is 7.12. The molecule has 0 saturated carbocycles. The maximum atomic E-state index is 14.3. The number of aromatic nitrogens is 6. The Labute approximate surface area is 244 Å². The highest BCUT2D eigenvalue weighted by Crippen LogP contribution is 2.34. The van der Waals surface area contributed by atoms with Crippen molar-refractivity contribution in [3.05, 3.63) is 42.0 Å². The van der Waals surface area contributed by atoms with Crippen molar-refractivity contribution in [3.63, 3.8) is 0 Å². The quantitative estimate of drug-likeness (QED) is 0.236. The van der Waals surface area contributed by atoms with E-state index in [0.717, 1.165) is 6.07 Å². The van der Waals surface area contributed by atoms with E-state index in [4.69, 9.17) is 5.73 Å². The van der Waals surface area contributed by atoms with E-state index in [1.54, 1.807) is 6.20 Å². The number of aliphatic hydroxyl groups excluding tert-OH is 1. The highest BCUT2D eigenvalue weighted by atomic mass is 19.4. The number of ether oxygens (including phenoxy) is 1. The van der Waals surface area contributed by atoms with Gasteiger partial charge in [-0.05, 0) is 32.8 Å².